The number of benzene rings is 2. The van der Waals surface area contributed by atoms with Crippen LogP contribution in [0.25, 0.3) is 22.3 Å². The number of aromatic nitrogens is 2. The van der Waals surface area contributed by atoms with E-state index in [4.69, 9.17) is 4.98 Å². The van der Waals surface area contributed by atoms with E-state index in [1.165, 1.54) is 24.8 Å². The van der Waals surface area contributed by atoms with Crippen molar-refractivity contribution < 1.29 is 0 Å². The van der Waals surface area contributed by atoms with Gasteiger partial charge in [-0.3, -0.25) is 9.36 Å². The van der Waals surface area contributed by atoms with Crippen molar-refractivity contribution >= 4 is 10.9 Å². The van der Waals surface area contributed by atoms with Crippen molar-refractivity contribution in [2.75, 3.05) is 0 Å². The Labute approximate surface area is 148 Å². The summed E-state index contributed by atoms with van der Waals surface area (Å²) in [5.74, 6) is 1.31. The van der Waals surface area contributed by atoms with Crippen LogP contribution in [0.1, 0.15) is 44.2 Å². The van der Waals surface area contributed by atoms with E-state index < -0.39 is 0 Å². The lowest BCUT2D eigenvalue weighted by Gasteiger charge is -2.32. The SMILES string of the molecule is Cc1ccc(-c2nc3ccccc3c(=O)n2[C@@H]2CCCC[C@H]2C)cc1. The van der Waals surface area contributed by atoms with Gasteiger partial charge in [-0.15, -0.1) is 0 Å². The summed E-state index contributed by atoms with van der Waals surface area (Å²) < 4.78 is 1.98. The third kappa shape index (κ3) is 2.88. The molecule has 0 unspecified atom stereocenters. The van der Waals surface area contributed by atoms with Crippen LogP contribution in [0.15, 0.2) is 53.3 Å². The highest BCUT2D eigenvalue weighted by Crippen LogP contribution is 2.35. The zero-order valence-electron chi connectivity index (χ0n) is 14.9. The van der Waals surface area contributed by atoms with E-state index in [1.54, 1.807) is 0 Å². The molecule has 2 aromatic carbocycles. The molecular weight excluding hydrogens is 308 g/mol. The lowest BCUT2D eigenvalue weighted by Crippen LogP contribution is -2.32. The number of para-hydroxylation sites is 1. The monoisotopic (exact) mass is 332 g/mol. The first-order valence-electron chi connectivity index (χ1n) is 9.23. The van der Waals surface area contributed by atoms with Crippen LogP contribution >= 0.6 is 0 Å². The zero-order chi connectivity index (χ0) is 17.4. The first-order chi connectivity index (χ1) is 12.1. The number of aryl methyl sites for hydroxylation is 1. The molecule has 1 fully saturated rings. The van der Waals surface area contributed by atoms with Gasteiger partial charge in [0.1, 0.15) is 5.82 Å². The predicted octanol–water partition coefficient (Wildman–Crippen LogP) is 5.12. The fourth-order valence-corrected chi connectivity index (χ4v) is 4.04. The molecule has 0 amide bonds. The van der Waals surface area contributed by atoms with E-state index in [0.717, 1.165) is 28.7 Å². The van der Waals surface area contributed by atoms with Gasteiger partial charge in [-0.2, -0.15) is 0 Å². The number of rotatable bonds is 2. The largest absolute Gasteiger partial charge is 0.289 e. The molecule has 1 aliphatic rings. The quantitative estimate of drug-likeness (QED) is 0.652. The zero-order valence-corrected chi connectivity index (χ0v) is 14.9. The summed E-state index contributed by atoms with van der Waals surface area (Å²) in [6.07, 6.45) is 4.67. The van der Waals surface area contributed by atoms with E-state index in [9.17, 15) is 4.79 Å². The Morgan fingerprint density at radius 1 is 1.00 bits per heavy atom. The van der Waals surface area contributed by atoms with Crippen molar-refractivity contribution in [1.29, 1.82) is 0 Å². The Bertz CT molecular complexity index is 956. The molecule has 25 heavy (non-hydrogen) atoms. The van der Waals surface area contributed by atoms with Crippen LogP contribution in [0, 0.1) is 12.8 Å². The van der Waals surface area contributed by atoms with E-state index in [2.05, 4.69) is 38.1 Å². The van der Waals surface area contributed by atoms with Crippen molar-refractivity contribution in [3.8, 4) is 11.4 Å². The lowest BCUT2D eigenvalue weighted by atomic mass is 9.85. The number of fused-ring (bicyclic) bond motifs is 1. The van der Waals surface area contributed by atoms with E-state index in [0.29, 0.717) is 5.92 Å². The Hall–Kier alpha value is -2.42. The van der Waals surface area contributed by atoms with Crippen molar-refractivity contribution in [2.24, 2.45) is 5.92 Å². The average Bonchev–Trinajstić information content (AvgIpc) is 2.63. The maximum atomic E-state index is 13.4. The number of hydrogen-bond acceptors (Lipinski definition) is 2. The van der Waals surface area contributed by atoms with Crippen LogP contribution in [0.5, 0.6) is 0 Å². The van der Waals surface area contributed by atoms with Gasteiger partial charge in [0.2, 0.25) is 0 Å². The highest BCUT2D eigenvalue weighted by atomic mass is 16.1. The van der Waals surface area contributed by atoms with Gasteiger partial charge in [0.25, 0.3) is 5.56 Å². The van der Waals surface area contributed by atoms with E-state index in [-0.39, 0.29) is 11.6 Å². The smallest absolute Gasteiger partial charge is 0.261 e. The fourth-order valence-electron chi connectivity index (χ4n) is 4.04. The third-order valence-corrected chi connectivity index (χ3v) is 5.52. The van der Waals surface area contributed by atoms with Gasteiger partial charge >= 0.3 is 0 Å². The van der Waals surface area contributed by atoms with Crippen molar-refractivity contribution in [1.82, 2.24) is 9.55 Å². The van der Waals surface area contributed by atoms with Crippen molar-refractivity contribution in [3.05, 3.63) is 64.4 Å². The molecule has 4 rings (SSSR count). The second-order valence-electron chi connectivity index (χ2n) is 7.32. The van der Waals surface area contributed by atoms with Crippen LogP contribution in [-0.2, 0) is 0 Å². The second-order valence-corrected chi connectivity index (χ2v) is 7.32. The second kappa shape index (κ2) is 6.47. The normalized spacial score (nSPS) is 20.7. The van der Waals surface area contributed by atoms with Gasteiger partial charge in [0, 0.05) is 11.6 Å². The molecule has 1 aliphatic carbocycles. The van der Waals surface area contributed by atoms with Crippen molar-refractivity contribution in [2.45, 2.75) is 45.6 Å². The molecule has 2 atom stereocenters. The van der Waals surface area contributed by atoms with Gasteiger partial charge in [0.15, 0.2) is 0 Å². The first-order valence-corrected chi connectivity index (χ1v) is 9.23. The highest BCUT2D eigenvalue weighted by Gasteiger charge is 2.27. The molecule has 0 N–H and O–H groups in total. The molecule has 3 nitrogen and oxygen atoms in total. The highest BCUT2D eigenvalue weighted by molar-refractivity contribution is 5.79. The minimum Gasteiger partial charge on any atom is -0.289 e. The minimum atomic E-state index is 0.0972. The summed E-state index contributed by atoms with van der Waals surface area (Å²) in [6.45, 7) is 4.35. The summed E-state index contributed by atoms with van der Waals surface area (Å²) in [7, 11) is 0. The molecule has 3 heteroatoms. The molecule has 1 saturated carbocycles. The number of nitrogens with zero attached hydrogens (tertiary/aromatic N) is 2. The van der Waals surface area contributed by atoms with Gasteiger partial charge in [-0.25, -0.2) is 4.98 Å². The maximum Gasteiger partial charge on any atom is 0.261 e. The summed E-state index contributed by atoms with van der Waals surface area (Å²) >= 11 is 0. The third-order valence-electron chi connectivity index (χ3n) is 5.52. The average molecular weight is 332 g/mol. The van der Waals surface area contributed by atoms with Crippen LogP contribution in [0.2, 0.25) is 0 Å². The van der Waals surface area contributed by atoms with E-state index in [1.807, 2.05) is 28.8 Å². The molecule has 128 valence electrons. The van der Waals surface area contributed by atoms with Crippen molar-refractivity contribution in [3.63, 3.8) is 0 Å². The Kier molecular flexibility index (Phi) is 4.16. The standard InChI is InChI=1S/C22H24N2O/c1-15-11-13-17(14-12-15)21-23-19-9-5-4-8-18(19)22(25)24(21)20-10-6-3-7-16(20)2/h4-5,8-9,11-14,16,20H,3,6-7,10H2,1-2H3/t16-,20-/m1/s1. The topological polar surface area (TPSA) is 34.9 Å². The predicted molar refractivity (Wildman–Crippen MR) is 103 cm³/mol. The van der Waals surface area contributed by atoms with Gasteiger partial charge in [-0.05, 0) is 37.8 Å². The van der Waals surface area contributed by atoms with Crippen LogP contribution < -0.4 is 5.56 Å². The molecule has 1 heterocycles. The van der Waals surface area contributed by atoms with Crippen LogP contribution in [-0.4, -0.2) is 9.55 Å². The Morgan fingerprint density at radius 3 is 2.48 bits per heavy atom. The molecule has 0 spiro atoms. The minimum absolute atomic E-state index is 0.0972. The molecule has 0 saturated heterocycles. The molecule has 0 radical (unpaired) electrons. The fraction of sp³-hybridized carbons (Fsp3) is 0.364. The number of hydrogen-bond donors (Lipinski definition) is 0. The van der Waals surface area contributed by atoms with Gasteiger partial charge in [-0.1, -0.05) is 61.7 Å². The van der Waals surface area contributed by atoms with Gasteiger partial charge < -0.3 is 0 Å². The Morgan fingerprint density at radius 2 is 1.72 bits per heavy atom. The lowest BCUT2D eigenvalue weighted by molar-refractivity contribution is 0.254. The summed E-state index contributed by atoms with van der Waals surface area (Å²) in [5.41, 5.74) is 3.11. The molecule has 1 aromatic heterocycles. The maximum absolute atomic E-state index is 13.4. The van der Waals surface area contributed by atoms with E-state index >= 15 is 0 Å². The first kappa shape index (κ1) is 16.1. The van der Waals surface area contributed by atoms with Gasteiger partial charge in [0.05, 0.1) is 10.9 Å². The molecule has 3 aromatic rings. The van der Waals surface area contributed by atoms with Crippen LogP contribution in [0.4, 0.5) is 0 Å². The molecule has 0 bridgehead atoms. The summed E-state index contributed by atoms with van der Waals surface area (Å²) in [6, 6.07) is 16.3. The Balaban J connectivity index is 2.00. The van der Waals surface area contributed by atoms with Crippen LogP contribution in [0.3, 0.4) is 0 Å². The molecular formula is C22H24N2O. The molecule has 0 aliphatic heterocycles. The summed E-state index contributed by atoms with van der Waals surface area (Å²) in [4.78, 5) is 18.3. The summed E-state index contributed by atoms with van der Waals surface area (Å²) in [5, 5.41) is 0.719.